The average molecular weight is 191 g/mol. The second-order valence-electron chi connectivity index (χ2n) is 4.34. The number of aliphatic hydroxyl groups is 1. The van der Waals surface area contributed by atoms with Gasteiger partial charge >= 0.3 is 0 Å². The fourth-order valence-electron chi connectivity index (χ4n) is 2.03. The Morgan fingerprint density at radius 1 is 1.36 bits per heavy atom. The highest BCUT2D eigenvalue weighted by molar-refractivity contribution is 5.19. The van der Waals surface area contributed by atoms with Crippen LogP contribution >= 0.6 is 0 Å². The molecule has 0 bridgehead atoms. The van der Waals surface area contributed by atoms with Crippen LogP contribution in [0.15, 0.2) is 30.3 Å². The lowest BCUT2D eigenvalue weighted by Gasteiger charge is -2.39. The molecule has 2 nitrogen and oxygen atoms in total. The first-order valence-corrected chi connectivity index (χ1v) is 5.18. The van der Waals surface area contributed by atoms with E-state index in [-0.39, 0.29) is 0 Å². The number of rotatable bonds is 3. The van der Waals surface area contributed by atoms with Gasteiger partial charge in [-0.15, -0.1) is 0 Å². The molecule has 1 saturated heterocycles. The number of hydrogen-bond donors (Lipinski definition) is 2. The molecule has 0 aromatic heterocycles. The van der Waals surface area contributed by atoms with Crippen LogP contribution in [-0.4, -0.2) is 23.8 Å². The minimum Gasteiger partial charge on any atom is -0.387 e. The summed E-state index contributed by atoms with van der Waals surface area (Å²) in [7, 11) is 0. The molecular weight excluding hydrogens is 174 g/mol. The van der Waals surface area contributed by atoms with Crippen molar-refractivity contribution in [1.82, 2.24) is 5.32 Å². The van der Waals surface area contributed by atoms with Crippen molar-refractivity contribution < 1.29 is 5.11 Å². The third-order valence-corrected chi connectivity index (χ3v) is 2.96. The molecule has 14 heavy (non-hydrogen) atoms. The van der Waals surface area contributed by atoms with E-state index in [4.69, 9.17) is 0 Å². The van der Waals surface area contributed by atoms with Gasteiger partial charge in [0, 0.05) is 13.1 Å². The summed E-state index contributed by atoms with van der Waals surface area (Å²) in [5.74, 6) is 0.434. The highest BCUT2D eigenvalue weighted by Gasteiger charge is 2.35. The highest BCUT2D eigenvalue weighted by atomic mass is 16.3. The van der Waals surface area contributed by atoms with Crippen molar-refractivity contribution in [3.05, 3.63) is 35.9 Å². The van der Waals surface area contributed by atoms with Crippen LogP contribution in [0.25, 0.3) is 0 Å². The Morgan fingerprint density at radius 2 is 2.00 bits per heavy atom. The van der Waals surface area contributed by atoms with Gasteiger partial charge in [0.2, 0.25) is 0 Å². The van der Waals surface area contributed by atoms with Gasteiger partial charge in [0.15, 0.2) is 0 Å². The Bertz CT molecular complexity index is 292. The first kappa shape index (κ1) is 9.69. The first-order valence-electron chi connectivity index (χ1n) is 5.18. The molecule has 1 aromatic rings. The minimum atomic E-state index is -0.463. The highest BCUT2D eigenvalue weighted by Crippen LogP contribution is 2.27. The predicted octanol–water partition coefficient (Wildman–Crippen LogP) is 1.51. The zero-order chi connectivity index (χ0) is 10.0. The Kier molecular flexibility index (Phi) is 2.57. The van der Waals surface area contributed by atoms with E-state index < -0.39 is 5.60 Å². The summed E-state index contributed by atoms with van der Waals surface area (Å²) in [5, 5.41) is 13.1. The van der Waals surface area contributed by atoms with E-state index >= 15 is 0 Å². The van der Waals surface area contributed by atoms with Gasteiger partial charge in [-0.2, -0.15) is 0 Å². The molecule has 1 heterocycles. The molecule has 0 spiro atoms. The van der Waals surface area contributed by atoms with Crippen molar-refractivity contribution in [2.45, 2.75) is 24.9 Å². The van der Waals surface area contributed by atoms with Crippen molar-refractivity contribution >= 4 is 0 Å². The summed E-state index contributed by atoms with van der Waals surface area (Å²) < 4.78 is 0. The Morgan fingerprint density at radius 3 is 2.50 bits per heavy atom. The minimum absolute atomic E-state index is 0.434. The van der Waals surface area contributed by atoms with Gasteiger partial charge in [-0.05, 0) is 17.9 Å². The molecule has 76 valence electrons. The number of β-amino-alcohol motifs (C(OH)–C–C–N with tert-alkyl or cyclic N) is 1. The van der Waals surface area contributed by atoms with Gasteiger partial charge in [0.1, 0.15) is 0 Å². The number of benzene rings is 1. The molecule has 2 rings (SSSR count). The molecule has 2 heteroatoms. The normalized spacial score (nSPS) is 21.3. The number of hydrogen-bond acceptors (Lipinski definition) is 2. The zero-order valence-electron chi connectivity index (χ0n) is 8.53. The largest absolute Gasteiger partial charge is 0.387 e. The lowest BCUT2D eigenvalue weighted by atomic mass is 9.83. The first-order chi connectivity index (χ1) is 6.70. The molecule has 0 amide bonds. The van der Waals surface area contributed by atoms with Crippen LogP contribution in [0.4, 0.5) is 0 Å². The van der Waals surface area contributed by atoms with E-state index in [9.17, 15) is 5.11 Å². The summed E-state index contributed by atoms with van der Waals surface area (Å²) in [5.41, 5.74) is 0.850. The van der Waals surface area contributed by atoms with Crippen LogP contribution < -0.4 is 5.32 Å². The maximum Gasteiger partial charge on any atom is 0.0900 e. The molecule has 0 radical (unpaired) electrons. The predicted molar refractivity (Wildman–Crippen MR) is 57.3 cm³/mol. The van der Waals surface area contributed by atoms with Gasteiger partial charge < -0.3 is 10.4 Å². The van der Waals surface area contributed by atoms with Crippen LogP contribution in [0.5, 0.6) is 0 Å². The average Bonchev–Trinajstić information content (AvgIpc) is 2.17. The topological polar surface area (TPSA) is 32.3 Å². The molecule has 1 atom stereocenters. The van der Waals surface area contributed by atoms with Gasteiger partial charge in [0.25, 0.3) is 0 Å². The lowest BCUT2D eigenvalue weighted by molar-refractivity contribution is -0.0217. The SMILES string of the molecule is CC(CC1(O)CNC1)c1ccccc1. The van der Waals surface area contributed by atoms with Crippen molar-refractivity contribution in [3.63, 3.8) is 0 Å². The summed E-state index contributed by atoms with van der Waals surface area (Å²) in [6.07, 6.45) is 0.851. The summed E-state index contributed by atoms with van der Waals surface area (Å²) in [6, 6.07) is 10.4. The van der Waals surface area contributed by atoms with E-state index in [2.05, 4.69) is 36.5 Å². The fraction of sp³-hybridized carbons (Fsp3) is 0.500. The van der Waals surface area contributed by atoms with Gasteiger partial charge in [-0.1, -0.05) is 37.3 Å². The lowest BCUT2D eigenvalue weighted by Crippen LogP contribution is -2.59. The summed E-state index contributed by atoms with van der Waals surface area (Å²) in [6.45, 7) is 3.65. The molecule has 1 aliphatic heterocycles. The smallest absolute Gasteiger partial charge is 0.0900 e. The number of nitrogens with one attached hydrogen (secondary N) is 1. The van der Waals surface area contributed by atoms with E-state index in [1.807, 2.05) is 6.07 Å². The van der Waals surface area contributed by atoms with E-state index in [1.54, 1.807) is 0 Å². The third-order valence-electron chi connectivity index (χ3n) is 2.96. The molecule has 1 unspecified atom stereocenters. The maximum atomic E-state index is 9.98. The molecular formula is C12H17NO. The molecule has 2 N–H and O–H groups in total. The van der Waals surface area contributed by atoms with Crippen molar-refractivity contribution in [3.8, 4) is 0 Å². The summed E-state index contributed by atoms with van der Waals surface area (Å²) >= 11 is 0. The van der Waals surface area contributed by atoms with Gasteiger partial charge in [0.05, 0.1) is 5.60 Å². The second-order valence-corrected chi connectivity index (χ2v) is 4.34. The second kappa shape index (κ2) is 3.71. The van der Waals surface area contributed by atoms with Crippen molar-refractivity contribution in [1.29, 1.82) is 0 Å². The summed E-state index contributed by atoms with van der Waals surface area (Å²) in [4.78, 5) is 0. The van der Waals surface area contributed by atoms with Crippen LogP contribution in [0.1, 0.15) is 24.8 Å². The van der Waals surface area contributed by atoms with Crippen LogP contribution in [0, 0.1) is 0 Å². The Hall–Kier alpha value is -0.860. The Labute approximate surface area is 85.0 Å². The molecule has 0 saturated carbocycles. The quantitative estimate of drug-likeness (QED) is 0.759. The fourth-order valence-corrected chi connectivity index (χ4v) is 2.03. The third kappa shape index (κ3) is 1.97. The molecule has 1 fully saturated rings. The van der Waals surface area contributed by atoms with Crippen LogP contribution in [0.3, 0.4) is 0 Å². The van der Waals surface area contributed by atoms with Crippen LogP contribution in [0.2, 0.25) is 0 Å². The van der Waals surface area contributed by atoms with Crippen molar-refractivity contribution in [2.24, 2.45) is 0 Å². The molecule has 1 aliphatic rings. The zero-order valence-corrected chi connectivity index (χ0v) is 8.53. The standard InChI is InChI=1S/C12H17NO/c1-10(7-12(14)8-13-9-12)11-5-3-2-4-6-11/h2-6,10,13-14H,7-9H2,1H3. The molecule has 1 aromatic carbocycles. The monoisotopic (exact) mass is 191 g/mol. The van der Waals surface area contributed by atoms with E-state index in [0.29, 0.717) is 5.92 Å². The Balaban J connectivity index is 1.99. The van der Waals surface area contributed by atoms with Gasteiger partial charge in [-0.3, -0.25) is 0 Å². The van der Waals surface area contributed by atoms with Gasteiger partial charge in [-0.25, -0.2) is 0 Å². The van der Waals surface area contributed by atoms with E-state index in [1.165, 1.54) is 5.56 Å². The van der Waals surface area contributed by atoms with E-state index in [0.717, 1.165) is 19.5 Å². The van der Waals surface area contributed by atoms with Crippen LogP contribution in [-0.2, 0) is 0 Å². The van der Waals surface area contributed by atoms with Crippen molar-refractivity contribution in [2.75, 3.05) is 13.1 Å². The molecule has 0 aliphatic carbocycles. The maximum absolute atomic E-state index is 9.98.